The van der Waals surface area contributed by atoms with E-state index < -0.39 is 0 Å². The Bertz CT molecular complexity index is 581. The maximum Gasteiger partial charge on any atom is 0.129 e. The van der Waals surface area contributed by atoms with E-state index in [0.29, 0.717) is 0 Å². The highest BCUT2D eigenvalue weighted by molar-refractivity contribution is 5.83. The second-order valence-corrected chi connectivity index (χ2v) is 5.27. The Kier molecular flexibility index (Phi) is 3.25. The Morgan fingerprint density at radius 3 is 2.84 bits per heavy atom. The van der Waals surface area contributed by atoms with Crippen molar-refractivity contribution in [1.82, 2.24) is 9.88 Å². The molecular formula is C15H20N4. The van der Waals surface area contributed by atoms with Crippen LogP contribution < -0.4 is 10.6 Å². The van der Waals surface area contributed by atoms with E-state index in [9.17, 15) is 0 Å². The standard InChI is InChI=1S/C15H20N4/c1-18-7-2-8-19(10-9-18)15-6-3-12-11-13(16)4-5-14(12)17-15/h3-6,11H,2,7-10,16H2,1H3. The first-order chi connectivity index (χ1) is 9.22. The van der Waals surface area contributed by atoms with Crippen LogP contribution in [0.5, 0.6) is 0 Å². The molecule has 1 aliphatic heterocycles. The number of hydrogen-bond donors (Lipinski definition) is 1. The number of likely N-dealkylation sites (N-methyl/N-ethyl adjacent to an activating group) is 1. The number of nitrogens with zero attached hydrogens (tertiary/aromatic N) is 3. The van der Waals surface area contributed by atoms with Crippen molar-refractivity contribution in [2.24, 2.45) is 0 Å². The first-order valence-electron chi connectivity index (χ1n) is 6.82. The summed E-state index contributed by atoms with van der Waals surface area (Å²) in [5, 5.41) is 1.11. The number of rotatable bonds is 1. The third kappa shape index (κ3) is 2.63. The molecule has 4 nitrogen and oxygen atoms in total. The van der Waals surface area contributed by atoms with Crippen LogP contribution in [0.4, 0.5) is 11.5 Å². The number of hydrogen-bond acceptors (Lipinski definition) is 4. The molecule has 0 spiro atoms. The van der Waals surface area contributed by atoms with Gasteiger partial charge >= 0.3 is 0 Å². The van der Waals surface area contributed by atoms with Crippen LogP contribution in [0.15, 0.2) is 30.3 Å². The number of pyridine rings is 1. The summed E-state index contributed by atoms with van der Waals surface area (Å²) >= 11 is 0. The van der Waals surface area contributed by atoms with Crippen molar-refractivity contribution >= 4 is 22.4 Å². The summed E-state index contributed by atoms with van der Waals surface area (Å²) in [6.07, 6.45) is 1.19. The monoisotopic (exact) mass is 256 g/mol. The van der Waals surface area contributed by atoms with Crippen molar-refractivity contribution in [3.8, 4) is 0 Å². The van der Waals surface area contributed by atoms with Gasteiger partial charge < -0.3 is 15.5 Å². The number of nitrogens with two attached hydrogens (primary N) is 1. The van der Waals surface area contributed by atoms with E-state index in [-0.39, 0.29) is 0 Å². The Hall–Kier alpha value is -1.81. The first kappa shape index (κ1) is 12.2. The lowest BCUT2D eigenvalue weighted by Crippen LogP contribution is -2.29. The highest BCUT2D eigenvalue weighted by Crippen LogP contribution is 2.21. The van der Waals surface area contributed by atoms with Gasteiger partial charge in [0, 0.05) is 30.7 Å². The molecule has 19 heavy (non-hydrogen) atoms. The molecule has 2 N–H and O–H groups in total. The molecule has 0 unspecified atom stereocenters. The van der Waals surface area contributed by atoms with Crippen LogP contribution >= 0.6 is 0 Å². The highest BCUT2D eigenvalue weighted by Gasteiger charge is 2.13. The molecule has 0 aliphatic carbocycles. The van der Waals surface area contributed by atoms with Gasteiger partial charge in [0.1, 0.15) is 5.82 Å². The summed E-state index contributed by atoms with van der Waals surface area (Å²) in [5.74, 6) is 1.08. The van der Waals surface area contributed by atoms with Crippen LogP contribution in [0.2, 0.25) is 0 Å². The largest absolute Gasteiger partial charge is 0.399 e. The summed E-state index contributed by atoms with van der Waals surface area (Å²) in [6.45, 7) is 4.39. The van der Waals surface area contributed by atoms with E-state index in [2.05, 4.69) is 29.0 Å². The maximum absolute atomic E-state index is 5.80. The predicted octanol–water partition coefficient (Wildman–Crippen LogP) is 1.96. The zero-order chi connectivity index (χ0) is 13.2. The van der Waals surface area contributed by atoms with Gasteiger partial charge in [0.2, 0.25) is 0 Å². The summed E-state index contributed by atoms with van der Waals surface area (Å²) in [4.78, 5) is 9.51. The van der Waals surface area contributed by atoms with Crippen molar-refractivity contribution in [2.45, 2.75) is 6.42 Å². The first-order valence-corrected chi connectivity index (χ1v) is 6.82. The lowest BCUT2D eigenvalue weighted by molar-refractivity contribution is 0.360. The van der Waals surface area contributed by atoms with Gasteiger partial charge in [-0.05, 0) is 50.3 Å². The van der Waals surface area contributed by atoms with E-state index >= 15 is 0 Å². The predicted molar refractivity (Wildman–Crippen MR) is 80.5 cm³/mol. The number of benzene rings is 1. The molecule has 2 heterocycles. The lowest BCUT2D eigenvalue weighted by Gasteiger charge is -2.21. The lowest BCUT2D eigenvalue weighted by atomic mass is 10.2. The van der Waals surface area contributed by atoms with Crippen LogP contribution in [0, 0.1) is 0 Å². The van der Waals surface area contributed by atoms with Gasteiger partial charge in [-0.2, -0.15) is 0 Å². The minimum Gasteiger partial charge on any atom is -0.399 e. The molecule has 0 atom stereocenters. The van der Waals surface area contributed by atoms with Crippen LogP contribution in [-0.4, -0.2) is 43.1 Å². The van der Waals surface area contributed by atoms with E-state index in [1.807, 2.05) is 18.2 Å². The topological polar surface area (TPSA) is 45.4 Å². The van der Waals surface area contributed by atoms with Gasteiger partial charge in [0.05, 0.1) is 5.52 Å². The molecule has 1 aliphatic rings. The van der Waals surface area contributed by atoms with Crippen molar-refractivity contribution in [3.63, 3.8) is 0 Å². The second-order valence-electron chi connectivity index (χ2n) is 5.27. The van der Waals surface area contributed by atoms with Crippen LogP contribution in [0.25, 0.3) is 10.9 Å². The van der Waals surface area contributed by atoms with E-state index in [1.54, 1.807) is 0 Å². The average Bonchev–Trinajstić information content (AvgIpc) is 2.63. The molecule has 1 fully saturated rings. The van der Waals surface area contributed by atoms with Gasteiger partial charge in [-0.25, -0.2) is 4.98 Å². The Morgan fingerprint density at radius 2 is 1.95 bits per heavy atom. The molecule has 2 aromatic rings. The minimum atomic E-state index is 0.790. The maximum atomic E-state index is 5.80. The van der Waals surface area contributed by atoms with Crippen molar-refractivity contribution < 1.29 is 0 Å². The van der Waals surface area contributed by atoms with Gasteiger partial charge in [0.25, 0.3) is 0 Å². The van der Waals surface area contributed by atoms with E-state index in [0.717, 1.165) is 42.0 Å². The molecule has 0 radical (unpaired) electrons. The third-order valence-corrected chi connectivity index (χ3v) is 3.74. The summed E-state index contributed by atoms with van der Waals surface area (Å²) in [6, 6.07) is 10.1. The number of anilines is 2. The Labute approximate surface area is 113 Å². The number of fused-ring (bicyclic) bond motifs is 1. The van der Waals surface area contributed by atoms with E-state index in [1.165, 1.54) is 13.0 Å². The molecule has 4 heteroatoms. The number of nitrogen functional groups attached to an aromatic ring is 1. The zero-order valence-electron chi connectivity index (χ0n) is 11.3. The SMILES string of the molecule is CN1CCCN(c2ccc3cc(N)ccc3n2)CC1. The summed E-state index contributed by atoms with van der Waals surface area (Å²) in [7, 11) is 2.18. The molecule has 1 aromatic heterocycles. The molecule has 0 amide bonds. The summed E-state index contributed by atoms with van der Waals surface area (Å²) < 4.78 is 0. The minimum absolute atomic E-state index is 0.790. The van der Waals surface area contributed by atoms with Crippen molar-refractivity contribution in [2.75, 3.05) is 43.9 Å². The molecule has 1 aromatic carbocycles. The second kappa shape index (κ2) is 5.05. The molecule has 0 bridgehead atoms. The van der Waals surface area contributed by atoms with Crippen LogP contribution in [0.1, 0.15) is 6.42 Å². The summed E-state index contributed by atoms with van der Waals surface area (Å²) in [5.41, 5.74) is 7.61. The third-order valence-electron chi connectivity index (χ3n) is 3.74. The molecular weight excluding hydrogens is 236 g/mol. The van der Waals surface area contributed by atoms with Gasteiger partial charge in [-0.15, -0.1) is 0 Å². The normalized spacial score (nSPS) is 17.6. The highest BCUT2D eigenvalue weighted by atomic mass is 15.2. The van der Waals surface area contributed by atoms with Gasteiger partial charge in [-0.3, -0.25) is 0 Å². The molecule has 0 saturated carbocycles. The van der Waals surface area contributed by atoms with Crippen LogP contribution in [-0.2, 0) is 0 Å². The number of aromatic nitrogens is 1. The fraction of sp³-hybridized carbons (Fsp3) is 0.400. The average molecular weight is 256 g/mol. The molecule has 100 valence electrons. The van der Waals surface area contributed by atoms with Crippen molar-refractivity contribution in [1.29, 1.82) is 0 Å². The molecule has 1 saturated heterocycles. The quantitative estimate of drug-likeness (QED) is 0.792. The van der Waals surface area contributed by atoms with Crippen LogP contribution in [0.3, 0.4) is 0 Å². The van der Waals surface area contributed by atoms with Gasteiger partial charge in [0.15, 0.2) is 0 Å². The van der Waals surface area contributed by atoms with Gasteiger partial charge in [-0.1, -0.05) is 0 Å². The van der Waals surface area contributed by atoms with E-state index in [4.69, 9.17) is 10.7 Å². The molecule has 3 rings (SSSR count). The fourth-order valence-electron chi connectivity index (χ4n) is 2.59. The zero-order valence-corrected chi connectivity index (χ0v) is 11.3. The Morgan fingerprint density at radius 1 is 1.05 bits per heavy atom. The van der Waals surface area contributed by atoms with Crippen molar-refractivity contribution in [3.05, 3.63) is 30.3 Å². The Balaban J connectivity index is 1.90. The smallest absolute Gasteiger partial charge is 0.129 e. The fourth-order valence-corrected chi connectivity index (χ4v) is 2.59.